The van der Waals surface area contributed by atoms with Crippen LogP contribution in [0.2, 0.25) is 0 Å². The summed E-state index contributed by atoms with van der Waals surface area (Å²) >= 11 is 0. The Hall–Kier alpha value is -0.0551. The first-order valence-corrected chi connectivity index (χ1v) is 5.88. The van der Waals surface area contributed by atoms with Crippen molar-refractivity contribution in [1.29, 1.82) is 0 Å². The molecule has 14 heavy (non-hydrogen) atoms. The SMILES string of the molecule is CCCCCCCCCC12OB(O1)O2. The Balaban J connectivity index is 1.37. The van der Waals surface area contributed by atoms with Crippen LogP contribution in [0.4, 0.5) is 0 Å². The average Bonchev–Trinajstić information content (AvgIpc) is 2.04. The summed E-state index contributed by atoms with van der Waals surface area (Å²) < 4.78 is 15.6. The second kappa shape index (κ2) is 4.64. The zero-order valence-corrected chi connectivity index (χ0v) is 8.96. The third kappa shape index (κ3) is 2.30. The first-order chi connectivity index (χ1) is 6.85. The summed E-state index contributed by atoms with van der Waals surface area (Å²) in [7, 11) is -0.320. The third-order valence-corrected chi connectivity index (χ3v) is 2.91. The summed E-state index contributed by atoms with van der Waals surface area (Å²) in [6, 6.07) is 0. The van der Waals surface area contributed by atoms with Gasteiger partial charge in [-0.05, 0) is 6.42 Å². The molecule has 2 bridgehead atoms. The van der Waals surface area contributed by atoms with Gasteiger partial charge in [-0.2, -0.15) is 0 Å². The van der Waals surface area contributed by atoms with Crippen LogP contribution in [0.25, 0.3) is 0 Å². The molecule has 0 saturated carbocycles. The van der Waals surface area contributed by atoms with Crippen molar-refractivity contribution in [2.75, 3.05) is 0 Å². The van der Waals surface area contributed by atoms with Crippen LogP contribution in [0.5, 0.6) is 0 Å². The number of rotatable bonds is 8. The van der Waals surface area contributed by atoms with Crippen LogP contribution in [0.1, 0.15) is 58.3 Å². The van der Waals surface area contributed by atoms with E-state index in [9.17, 15) is 0 Å². The van der Waals surface area contributed by atoms with Gasteiger partial charge >= 0.3 is 7.32 Å². The van der Waals surface area contributed by atoms with Gasteiger partial charge in [0.15, 0.2) is 0 Å². The lowest BCUT2D eigenvalue weighted by atomic mass is 9.97. The fraction of sp³-hybridized carbons (Fsp3) is 1.00. The first-order valence-electron chi connectivity index (χ1n) is 5.88. The summed E-state index contributed by atoms with van der Waals surface area (Å²) in [5, 5.41) is 0. The Morgan fingerprint density at radius 2 is 1.43 bits per heavy atom. The Morgan fingerprint density at radius 1 is 0.857 bits per heavy atom. The van der Waals surface area contributed by atoms with Crippen molar-refractivity contribution in [3.63, 3.8) is 0 Å². The minimum Gasteiger partial charge on any atom is -0.336 e. The molecule has 0 spiro atoms. The molecule has 3 heterocycles. The van der Waals surface area contributed by atoms with Crippen LogP contribution in [0, 0.1) is 0 Å². The molecule has 0 unspecified atom stereocenters. The Labute approximate surface area is 86.3 Å². The van der Waals surface area contributed by atoms with Gasteiger partial charge in [0.05, 0.1) is 0 Å². The highest BCUT2D eigenvalue weighted by atomic mass is 17.1. The number of hydrogen-bond donors (Lipinski definition) is 0. The fourth-order valence-corrected chi connectivity index (χ4v) is 1.94. The highest BCUT2D eigenvalue weighted by Crippen LogP contribution is 2.45. The predicted octanol–water partition coefficient (Wildman–Crippen LogP) is 2.84. The van der Waals surface area contributed by atoms with Crippen molar-refractivity contribution < 1.29 is 14.0 Å². The summed E-state index contributed by atoms with van der Waals surface area (Å²) in [6.07, 6.45) is 10.1. The van der Waals surface area contributed by atoms with Gasteiger partial charge in [0.25, 0.3) is 5.97 Å². The highest BCUT2D eigenvalue weighted by Gasteiger charge is 2.68. The van der Waals surface area contributed by atoms with Crippen LogP contribution in [0.3, 0.4) is 0 Å². The standard InChI is InChI=1S/C10H19BO3/c1-2-3-4-5-6-7-8-9-10-12-11(13-10)14-10/h2-9H2,1H3. The van der Waals surface area contributed by atoms with Gasteiger partial charge in [-0.25, -0.2) is 0 Å². The Kier molecular flexibility index (Phi) is 3.47. The molecule has 3 saturated heterocycles. The van der Waals surface area contributed by atoms with E-state index in [1.165, 1.54) is 38.5 Å². The molecule has 4 heteroatoms. The van der Waals surface area contributed by atoms with Crippen molar-refractivity contribution in [3.8, 4) is 0 Å². The zero-order chi connectivity index (χ0) is 9.86. The summed E-state index contributed by atoms with van der Waals surface area (Å²) in [5.74, 6) is -0.589. The third-order valence-electron chi connectivity index (χ3n) is 2.91. The zero-order valence-electron chi connectivity index (χ0n) is 8.96. The maximum Gasteiger partial charge on any atom is 0.650 e. The maximum absolute atomic E-state index is 5.22. The predicted molar refractivity (Wildman–Crippen MR) is 54.4 cm³/mol. The molecule has 3 rings (SSSR count). The van der Waals surface area contributed by atoms with E-state index in [4.69, 9.17) is 14.0 Å². The molecular weight excluding hydrogens is 179 g/mol. The summed E-state index contributed by atoms with van der Waals surface area (Å²) in [5.41, 5.74) is 0. The molecule has 0 aromatic heterocycles. The lowest BCUT2D eigenvalue weighted by molar-refractivity contribution is -0.463. The van der Waals surface area contributed by atoms with Crippen LogP contribution >= 0.6 is 0 Å². The molecule has 80 valence electrons. The smallest absolute Gasteiger partial charge is 0.336 e. The van der Waals surface area contributed by atoms with E-state index in [0.29, 0.717) is 0 Å². The van der Waals surface area contributed by atoms with Crippen molar-refractivity contribution >= 4 is 7.32 Å². The van der Waals surface area contributed by atoms with Gasteiger partial charge in [0.1, 0.15) is 0 Å². The molecule has 3 nitrogen and oxygen atoms in total. The Morgan fingerprint density at radius 3 is 1.93 bits per heavy atom. The van der Waals surface area contributed by atoms with Gasteiger partial charge in [0.2, 0.25) is 0 Å². The first kappa shape index (κ1) is 10.5. The van der Waals surface area contributed by atoms with E-state index in [1.807, 2.05) is 0 Å². The van der Waals surface area contributed by atoms with Gasteiger partial charge in [0, 0.05) is 6.42 Å². The van der Waals surface area contributed by atoms with Crippen LogP contribution in [-0.2, 0) is 14.0 Å². The van der Waals surface area contributed by atoms with Crippen molar-refractivity contribution in [1.82, 2.24) is 0 Å². The molecule has 3 fully saturated rings. The molecule has 3 aliphatic rings. The van der Waals surface area contributed by atoms with Gasteiger partial charge in [-0.15, -0.1) is 0 Å². The molecule has 0 amide bonds. The van der Waals surface area contributed by atoms with E-state index in [0.717, 1.165) is 12.8 Å². The molecule has 3 aliphatic heterocycles. The molecular formula is C10H19BO3. The molecule has 0 atom stereocenters. The minimum absolute atomic E-state index is 0.320. The largest absolute Gasteiger partial charge is 0.650 e. The molecule has 0 aromatic carbocycles. The second-order valence-corrected chi connectivity index (χ2v) is 4.20. The van der Waals surface area contributed by atoms with Gasteiger partial charge < -0.3 is 14.0 Å². The van der Waals surface area contributed by atoms with Crippen molar-refractivity contribution in [2.24, 2.45) is 0 Å². The average molecular weight is 198 g/mol. The van der Waals surface area contributed by atoms with Crippen LogP contribution < -0.4 is 0 Å². The molecule has 0 aliphatic carbocycles. The van der Waals surface area contributed by atoms with Crippen molar-refractivity contribution in [3.05, 3.63) is 0 Å². The molecule has 0 N–H and O–H groups in total. The maximum atomic E-state index is 5.22. The second-order valence-electron chi connectivity index (χ2n) is 4.20. The summed E-state index contributed by atoms with van der Waals surface area (Å²) in [6.45, 7) is 2.24. The van der Waals surface area contributed by atoms with E-state index in [1.54, 1.807) is 0 Å². The lowest BCUT2D eigenvalue weighted by Gasteiger charge is -2.56. The van der Waals surface area contributed by atoms with Crippen molar-refractivity contribution in [2.45, 2.75) is 64.3 Å². The molecule has 0 radical (unpaired) electrons. The van der Waals surface area contributed by atoms with Gasteiger partial charge in [-0.3, -0.25) is 0 Å². The van der Waals surface area contributed by atoms with Crippen LogP contribution in [-0.4, -0.2) is 13.3 Å². The Bertz CT molecular complexity index is 169. The summed E-state index contributed by atoms with van der Waals surface area (Å²) in [4.78, 5) is 0. The molecule has 0 aromatic rings. The fourth-order valence-electron chi connectivity index (χ4n) is 1.94. The quantitative estimate of drug-likeness (QED) is 0.443. The number of unbranched alkanes of at least 4 members (excludes halogenated alkanes) is 6. The van der Waals surface area contributed by atoms with E-state index < -0.39 is 5.97 Å². The monoisotopic (exact) mass is 198 g/mol. The lowest BCUT2D eigenvalue weighted by Crippen LogP contribution is -2.74. The van der Waals surface area contributed by atoms with E-state index in [-0.39, 0.29) is 7.32 Å². The topological polar surface area (TPSA) is 27.7 Å². The highest BCUT2D eigenvalue weighted by molar-refractivity contribution is 6.43. The number of hydrogen-bond acceptors (Lipinski definition) is 3. The van der Waals surface area contributed by atoms with Gasteiger partial charge in [-0.1, -0.05) is 45.4 Å². The van der Waals surface area contributed by atoms with Crippen LogP contribution in [0.15, 0.2) is 0 Å². The minimum atomic E-state index is -0.589. The van der Waals surface area contributed by atoms with E-state index in [2.05, 4.69) is 6.92 Å². The van der Waals surface area contributed by atoms with E-state index >= 15 is 0 Å². The normalized spacial score (nSPS) is 21.6.